The highest BCUT2D eigenvalue weighted by Gasteiger charge is 2.09. The first-order valence-electron chi connectivity index (χ1n) is 5.73. The summed E-state index contributed by atoms with van der Waals surface area (Å²) in [5, 5.41) is 5.83. The largest absolute Gasteiger partial charge is 0.364 e. The summed E-state index contributed by atoms with van der Waals surface area (Å²) in [5.41, 5.74) is 5.62. The van der Waals surface area contributed by atoms with Gasteiger partial charge in [-0.05, 0) is 31.6 Å². The van der Waals surface area contributed by atoms with Crippen LogP contribution in [0.2, 0.25) is 0 Å². The Hall–Kier alpha value is -1.95. The van der Waals surface area contributed by atoms with E-state index < -0.39 is 5.91 Å². The lowest BCUT2D eigenvalue weighted by molar-refractivity contribution is 0.0944. The molecule has 6 nitrogen and oxygen atoms in total. The van der Waals surface area contributed by atoms with Crippen LogP contribution in [0.25, 0.3) is 0 Å². The van der Waals surface area contributed by atoms with Crippen molar-refractivity contribution in [1.29, 1.82) is 0 Å². The molecule has 0 bridgehead atoms. The van der Waals surface area contributed by atoms with Crippen LogP contribution in [-0.2, 0) is 0 Å². The normalized spacial score (nSPS) is 11.9. The number of nitrogens with two attached hydrogens (primary N) is 1. The zero-order valence-corrected chi connectivity index (χ0v) is 10.6. The van der Waals surface area contributed by atoms with Gasteiger partial charge in [0.25, 0.3) is 11.8 Å². The molecule has 98 valence electrons. The number of pyridine rings is 1. The molecule has 0 fully saturated rings. The van der Waals surface area contributed by atoms with Crippen LogP contribution in [0.1, 0.15) is 27.8 Å². The molecule has 2 amide bonds. The van der Waals surface area contributed by atoms with Crippen LogP contribution in [0.4, 0.5) is 0 Å². The molecule has 0 aliphatic carbocycles. The van der Waals surface area contributed by atoms with Crippen LogP contribution in [0, 0.1) is 5.92 Å². The third-order valence-corrected chi connectivity index (χ3v) is 2.44. The Kier molecular flexibility index (Phi) is 5.26. The van der Waals surface area contributed by atoms with Gasteiger partial charge in [0.15, 0.2) is 0 Å². The molecule has 1 atom stereocenters. The van der Waals surface area contributed by atoms with Crippen molar-refractivity contribution in [2.75, 3.05) is 20.1 Å². The Morgan fingerprint density at radius 3 is 2.61 bits per heavy atom. The van der Waals surface area contributed by atoms with Gasteiger partial charge < -0.3 is 16.4 Å². The van der Waals surface area contributed by atoms with Gasteiger partial charge in [0.2, 0.25) is 0 Å². The molecular formula is C12H18N4O2. The lowest BCUT2D eigenvalue weighted by atomic mass is 10.1. The van der Waals surface area contributed by atoms with Crippen LogP contribution in [0.5, 0.6) is 0 Å². The summed E-state index contributed by atoms with van der Waals surface area (Å²) in [4.78, 5) is 26.4. The first kappa shape index (κ1) is 14.1. The number of hydrogen-bond donors (Lipinski definition) is 3. The molecule has 0 aromatic carbocycles. The summed E-state index contributed by atoms with van der Waals surface area (Å²) in [6.07, 6.45) is 1.35. The van der Waals surface area contributed by atoms with Gasteiger partial charge in [-0.2, -0.15) is 0 Å². The van der Waals surface area contributed by atoms with Crippen LogP contribution in [0.3, 0.4) is 0 Å². The highest BCUT2D eigenvalue weighted by molar-refractivity contribution is 5.95. The van der Waals surface area contributed by atoms with Crippen molar-refractivity contribution in [2.24, 2.45) is 11.7 Å². The van der Waals surface area contributed by atoms with Crippen molar-refractivity contribution in [3.63, 3.8) is 0 Å². The van der Waals surface area contributed by atoms with E-state index in [1.807, 2.05) is 14.0 Å². The molecule has 1 heterocycles. The van der Waals surface area contributed by atoms with Gasteiger partial charge in [-0.3, -0.25) is 14.6 Å². The number of amides is 2. The van der Waals surface area contributed by atoms with Gasteiger partial charge >= 0.3 is 0 Å². The number of carbonyl (C=O) groups excluding carboxylic acids is 2. The first-order valence-corrected chi connectivity index (χ1v) is 5.73. The van der Waals surface area contributed by atoms with Gasteiger partial charge in [0, 0.05) is 12.7 Å². The Labute approximate surface area is 106 Å². The standard InChI is InChI=1S/C12H18N4O2/c1-8(5-14-2)6-16-12(18)9-3-4-10(11(13)17)15-7-9/h3-4,7-8,14H,5-6H2,1-2H3,(H2,13,17)(H,16,18)/t8-/m0/s1. The van der Waals surface area contributed by atoms with E-state index in [0.717, 1.165) is 6.54 Å². The maximum atomic E-state index is 11.7. The van der Waals surface area contributed by atoms with E-state index >= 15 is 0 Å². The Bertz CT molecular complexity index is 417. The van der Waals surface area contributed by atoms with Crippen LogP contribution in [-0.4, -0.2) is 36.9 Å². The summed E-state index contributed by atoms with van der Waals surface area (Å²) in [6.45, 7) is 3.45. The average Bonchev–Trinajstić information content (AvgIpc) is 2.36. The molecule has 6 heteroatoms. The second-order valence-electron chi connectivity index (χ2n) is 4.17. The van der Waals surface area contributed by atoms with Gasteiger partial charge in [-0.15, -0.1) is 0 Å². The zero-order chi connectivity index (χ0) is 13.5. The number of primary amides is 1. The predicted octanol–water partition coefficient (Wildman–Crippen LogP) is -0.234. The van der Waals surface area contributed by atoms with Crippen LogP contribution < -0.4 is 16.4 Å². The van der Waals surface area contributed by atoms with Crippen molar-refractivity contribution < 1.29 is 9.59 Å². The Balaban J connectivity index is 2.54. The van der Waals surface area contributed by atoms with Crippen LogP contribution in [0.15, 0.2) is 18.3 Å². The lowest BCUT2D eigenvalue weighted by Crippen LogP contribution is -2.32. The van der Waals surface area contributed by atoms with E-state index in [-0.39, 0.29) is 11.6 Å². The highest BCUT2D eigenvalue weighted by atomic mass is 16.2. The molecule has 0 aliphatic rings. The van der Waals surface area contributed by atoms with Crippen LogP contribution >= 0.6 is 0 Å². The fraction of sp³-hybridized carbons (Fsp3) is 0.417. The van der Waals surface area contributed by atoms with Crippen molar-refractivity contribution in [3.05, 3.63) is 29.6 Å². The summed E-state index contributed by atoms with van der Waals surface area (Å²) >= 11 is 0. The van der Waals surface area contributed by atoms with Crippen molar-refractivity contribution >= 4 is 11.8 Å². The van der Waals surface area contributed by atoms with E-state index in [9.17, 15) is 9.59 Å². The summed E-state index contributed by atoms with van der Waals surface area (Å²) in [5.74, 6) is -0.470. The molecule has 1 rings (SSSR count). The molecule has 4 N–H and O–H groups in total. The number of hydrogen-bond acceptors (Lipinski definition) is 4. The van der Waals surface area contributed by atoms with Gasteiger partial charge in [-0.25, -0.2) is 0 Å². The molecule has 0 radical (unpaired) electrons. The van der Waals surface area contributed by atoms with Gasteiger partial charge in [0.05, 0.1) is 5.56 Å². The number of nitrogens with zero attached hydrogens (tertiary/aromatic N) is 1. The molecule has 0 saturated carbocycles. The van der Waals surface area contributed by atoms with E-state index in [4.69, 9.17) is 5.73 Å². The monoisotopic (exact) mass is 250 g/mol. The van der Waals surface area contributed by atoms with Crippen molar-refractivity contribution in [2.45, 2.75) is 6.92 Å². The van der Waals surface area contributed by atoms with E-state index in [1.54, 1.807) is 0 Å². The average molecular weight is 250 g/mol. The van der Waals surface area contributed by atoms with E-state index in [1.165, 1.54) is 18.3 Å². The van der Waals surface area contributed by atoms with E-state index in [2.05, 4.69) is 15.6 Å². The maximum Gasteiger partial charge on any atom is 0.267 e. The summed E-state index contributed by atoms with van der Waals surface area (Å²) < 4.78 is 0. The second kappa shape index (κ2) is 6.70. The molecular weight excluding hydrogens is 232 g/mol. The number of nitrogens with one attached hydrogen (secondary N) is 2. The number of carbonyl (C=O) groups is 2. The fourth-order valence-corrected chi connectivity index (χ4v) is 1.46. The fourth-order valence-electron chi connectivity index (χ4n) is 1.46. The summed E-state index contributed by atoms with van der Waals surface area (Å²) in [6, 6.07) is 2.97. The molecule has 0 spiro atoms. The third kappa shape index (κ3) is 4.14. The molecule has 0 aliphatic heterocycles. The minimum atomic E-state index is -0.607. The highest BCUT2D eigenvalue weighted by Crippen LogP contribution is 2.00. The molecule has 1 aromatic rings. The lowest BCUT2D eigenvalue weighted by Gasteiger charge is -2.11. The van der Waals surface area contributed by atoms with Crippen molar-refractivity contribution in [3.8, 4) is 0 Å². The molecule has 18 heavy (non-hydrogen) atoms. The predicted molar refractivity (Wildman–Crippen MR) is 68.2 cm³/mol. The molecule has 0 saturated heterocycles. The van der Waals surface area contributed by atoms with Crippen molar-refractivity contribution in [1.82, 2.24) is 15.6 Å². The molecule has 1 aromatic heterocycles. The third-order valence-electron chi connectivity index (χ3n) is 2.44. The summed E-state index contributed by atoms with van der Waals surface area (Å²) in [7, 11) is 1.87. The number of rotatable bonds is 6. The SMILES string of the molecule is CNC[C@H](C)CNC(=O)c1ccc(C(N)=O)nc1. The Morgan fingerprint density at radius 2 is 2.11 bits per heavy atom. The Morgan fingerprint density at radius 1 is 1.39 bits per heavy atom. The zero-order valence-electron chi connectivity index (χ0n) is 10.6. The molecule has 0 unspecified atom stereocenters. The van der Waals surface area contributed by atoms with Gasteiger partial charge in [0.1, 0.15) is 5.69 Å². The second-order valence-corrected chi connectivity index (χ2v) is 4.17. The minimum absolute atomic E-state index is 0.148. The quantitative estimate of drug-likeness (QED) is 0.649. The first-order chi connectivity index (χ1) is 8.54. The topological polar surface area (TPSA) is 97.1 Å². The minimum Gasteiger partial charge on any atom is -0.364 e. The maximum absolute atomic E-state index is 11.7. The van der Waals surface area contributed by atoms with Gasteiger partial charge in [-0.1, -0.05) is 6.92 Å². The number of aromatic nitrogens is 1. The smallest absolute Gasteiger partial charge is 0.267 e. The van der Waals surface area contributed by atoms with E-state index in [0.29, 0.717) is 18.0 Å².